The average Bonchev–Trinajstić information content (AvgIpc) is 2.57. The summed E-state index contributed by atoms with van der Waals surface area (Å²) in [4.78, 5) is 5.61. The highest BCUT2D eigenvalue weighted by Crippen LogP contribution is 2.16. The second-order valence-corrected chi connectivity index (χ2v) is 6.25. The summed E-state index contributed by atoms with van der Waals surface area (Å²) in [5, 5.41) is 14.0. The molecule has 18 heavy (non-hydrogen) atoms. The van der Waals surface area contributed by atoms with E-state index in [1.54, 1.807) is 11.3 Å². The van der Waals surface area contributed by atoms with Crippen LogP contribution >= 0.6 is 11.3 Å². The minimum atomic E-state index is -0.446. The Kier molecular flexibility index (Phi) is 6.78. The average molecular weight is 272 g/mol. The fourth-order valence-corrected chi connectivity index (χ4v) is 2.50. The van der Waals surface area contributed by atoms with Gasteiger partial charge in [-0.3, -0.25) is 0 Å². The Labute approximate surface area is 113 Å². The van der Waals surface area contributed by atoms with Gasteiger partial charge in [0.25, 0.3) is 0 Å². The van der Waals surface area contributed by atoms with E-state index in [9.17, 15) is 5.11 Å². The van der Waals surface area contributed by atoms with Crippen molar-refractivity contribution in [2.45, 2.75) is 40.3 Å². The normalized spacial score (nSPS) is 13.2. The maximum absolute atomic E-state index is 9.71. The lowest BCUT2D eigenvalue weighted by Gasteiger charge is -2.13. The SMILES string of the molecule is Cc1nc(C)c(CNCC(O)COCC(C)C)s1. The van der Waals surface area contributed by atoms with Crippen molar-refractivity contribution in [2.24, 2.45) is 5.92 Å². The van der Waals surface area contributed by atoms with Crippen molar-refractivity contribution >= 4 is 11.3 Å². The molecule has 1 rings (SSSR count). The zero-order valence-corrected chi connectivity index (χ0v) is 12.5. The first-order chi connectivity index (χ1) is 8.49. The van der Waals surface area contributed by atoms with Gasteiger partial charge in [0.05, 0.1) is 23.4 Å². The monoisotopic (exact) mass is 272 g/mol. The molecule has 1 atom stereocenters. The maximum Gasteiger partial charge on any atom is 0.0900 e. The summed E-state index contributed by atoms with van der Waals surface area (Å²) in [5.41, 5.74) is 1.08. The van der Waals surface area contributed by atoms with Crippen LogP contribution in [0.3, 0.4) is 0 Å². The highest BCUT2D eigenvalue weighted by Gasteiger charge is 2.07. The van der Waals surface area contributed by atoms with Crippen LogP contribution in [0.2, 0.25) is 0 Å². The molecule has 0 aliphatic rings. The highest BCUT2D eigenvalue weighted by atomic mass is 32.1. The largest absolute Gasteiger partial charge is 0.389 e. The van der Waals surface area contributed by atoms with Crippen LogP contribution < -0.4 is 5.32 Å². The van der Waals surface area contributed by atoms with E-state index in [0.717, 1.165) is 17.2 Å². The molecule has 0 fully saturated rings. The highest BCUT2D eigenvalue weighted by molar-refractivity contribution is 7.11. The van der Waals surface area contributed by atoms with Crippen molar-refractivity contribution in [1.82, 2.24) is 10.3 Å². The number of hydrogen-bond donors (Lipinski definition) is 2. The van der Waals surface area contributed by atoms with Crippen LogP contribution in [0.25, 0.3) is 0 Å². The van der Waals surface area contributed by atoms with Gasteiger partial charge >= 0.3 is 0 Å². The van der Waals surface area contributed by atoms with Gasteiger partial charge < -0.3 is 15.2 Å². The van der Waals surface area contributed by atoms with E-state index in [1.807, 2.05) is 13.8 Å². The van der Waals surface area contributed by atoms with Gasteiger partial charge in [-0.15, -0.1) is 11.3 Å². The van der Waals surface area contributed by atoms with Gasteiger partial charge in [0, 0.05) is 24.6 Å². The molecule has 1 heterocycles. The predicted octanol–water partition coefficient (Wildman–Crippen LogP) is 1.88. The van der Waals surface area contributed by atoms with Crippen molar-refractivity contribution in [2.75, 3.05) is 19.8 Å². The minimum absolute atomic E-state index is 0.395. The van der Waals surface area contributed by atoms with Crippen LogP contribution in [0, 0.1) is 19.8 Å². The molecule has 0 aromatic carbocycles. The van der Waals surface area contributed by atoms with E-state index in [1.165, 1.54) is 4.88 Å². The van der Waals surface area contributed by atoms with Crippen LogP contribution in [-0.2, 0) is 11.3 Å². The number of aryl methyl sites for hydroxylation is 2. The van der Waals surface area contributed by atoms with Gasteiger partial charge in [-0.2, -0.15) is 0 Å². The van der Waals surface area contributed by atoms with E-state index in [2.05, 4.69) is 24.1 Å². The van der Waals surface area contributed by atoms with E-state index in [4.69, 9.17) is 4.74 Å². The van der Waals surface area contributed by atoms with Crippen molar-refractivity contribution in [3.8, 4) is 0 Å². The smallest absolute Gasteiger partial charge is 0.0900 e. The van der Waals surface area contributed by atoms with Crippen molar-refractivity contribution in [3.05, 3.63) is 15.6 Å². The van der Waals surface area contributed by atoms with Gasteiger partial charge in [0.1, 0.15) is 0 Å². The minimum Gasteiger partial charge on any atom is -0.389 e. The second kappa shape index (κ2) is 7.84. The third kappa shape index (κ3) is 5.91. The molecular weight excluding hydrogens is 248 g/mol. The van der Waals surface area contributed by atoms with E-state index < -0.39 is 6.10 Å². The Morgan fingerprint density at radius 2 is 2.06 bits per heavy atom. The molecule has 0 aliphatic heterocycles. The molecule has 0 saturated heterocycles. The Morgan fingerprint density at radius 3 is 2.61 bits per heavy atom. The maximum atomic E-state index is 9.71. The third-order valence-electron chi connectivity index (χ3n) is 2.43. The molecule has 0 spiro atoms. The topological polar surface area (TPSA) is 54.4 Å². The lowest BCUT2D eigenvalue weighted by Crippen LogP contribution is -2.30. The molecule has 0 amide bonds. The number of rotatable bonds is 8. The number of aliphatic hydroxyl groups excluding tert-OH is 1. The molecule has 0 bridgehead atoms. The van der Waals surface area contributed by atoms with Crippen molar-refractivity contribution in [3.63, 3.8) is 0 Å². The Morgan fingerprint density at radius 1 is 1.33 bits per heavy atom. The summed E-state index contributed by atoms with van der Waals surface area (Å²) in [6, 6.07) is 0. The molecule has 1 aromatic rings. The molecule has 1 unspecified atom stereocenters. The number of nitrogens with zero attached hydrogens (tertiary/aromatic N) is 1. The first-order valence-electron chi connectivity index (χ1n) is 6.38. The Balaban J connectivity index is 2.15. The molecule has 5 heteroatoms. The fourth-order valence-electron chi connectivity index (χ4n) is 1.59. The predicted molar refractivity (Wildman–Crippen MR) is 75.0 cm³/mol. The number of hydrogen-bond acceptors (Lipinski definition) is 5. The summed E-state index contributed by atoms with van der Waals surface area (Å²) < 4.78 is 5.39. The molecule has 4 nitrogen and oxygen atoms in total. The van der Waals surface area contributed by atoms with Gasteiger partial charge in [-0.1, -0.05) is 13.8 Å². The van der Waals surface area contributed by atoms with Crippen LogP contribution in [0.15, 0.2) is 0 Å². The molecular formula is C13H24N2O2S. The van der Waals surface area contributed by atoms with Gasteiger partial charge in [0.15, 0.2) is 0 Å². The van der Waals surface area contributed by atoms with E-state index in [0.29, 0.717) is 25.7 Å². The number of nitrogens with one attached hydrogen (secondary N) is 1. The van der Waals surface area contributed by atoms with E-state index >= 15 is 0 Å². The van der Waals surface area contributed by atoms with Crippen molar-refractivity contribution < 1.29 is 9.84 Å². The third-order valence-corrected chi connectivity index (χ3v) is 3.50. The molecule has 104 valence electrons. The van der Waals surface area contributed by atoms with Crippen LogP contribution in [-0.4, -0.2) is 36.0 Å². The van der Waals surface area contributed by atoms with Crippen molar-refractivity contribution in [1.29, 1.82) is 0 Å². The second-order valence-electron chi connectivity index (χ2n) is 4.96. The Bertz CT molecular complexity index is 353. The van der Waals surface area contributed by atoms with Crippen LogP contribution in [0.4, 0.5) is 0 Å². The summed E-state index contributed by atoms with van der Waals surface area (Å²) >= 11 is 1.70. The number of ether oxygens (including phenoxy) is 1. The molecule has 0 saturated carbocycles. The number of thiazole rings is 1. The summed E-state index contributed by atoms with van der Waals surface area (Å²) in [7, 11) is 0. The first-order valence-corrected chi connectivity index (χ1v) is 7.20. The van der Waals surface area contributed by atoms with Crippen LogP contribution in [0.1, 0.15) is 29.4 Å². The summed E-state index contributed by atoms with van der Waals surface area (Å²) in [6.07, 6.45) is -0.446. The number of aliphatic hydroxyl groups is 1. The van der Waals surface area contributed by atoms with Crippen LogP contribution in [0.5, 0.6) is 0 Å². The Hall–Kier alpha value is -0.490. The fraction of sp³-hybridized carbons (Fsp3) is 0.769. The molecule has 0 aliphatic carbocycles. The zero-order valence-electron chi connectivity index (χ0n) is 11.7. The number of aromatic nitrogens is 1. The summed E-state index contributed by atoms with van der Waals surface area (Å²) in [5.74, 6) is 0.507. The zero-order chi connectivity index (χ0) is 13.5. The summed E-state index contributed by atoms with van der Waals surface area (Å²) in [6.45, 7) is 10.6. The van der Waals surface area contributed by atoms with Gasteiger partial charge in [-0.05, 0) is 19.8 Å². The van der Waals surface area contributed by atoms with Gasteiger partial charge in [-0.25, -0.2) is 4.98 Å². The van der Waals surface area contributed by atoms with E-state index in [-0.39, 0.29) is 0 Å². The molecule has 1 aromatic heterocycles. The lowest BCUT2D eigenvalue weighted by molar-refractivity contribution is 0.0260. The molecule has 0 radical (unpaired) electrons. The standard InChI is InChI=1S/C13H24N2O2S/c1-9(2)7-17-8-12(16)5-14-6-13-10(3)15-11(4)18-13/h9,12,14,16H,5-8H2,1-4H3. The quantitative estimate of drug-likeness (QED) is 0.759. The lowest BCUT2D eigenvalue weighted by atomic mass is 10.2. The van der Waals surface area contributed by atoms with Gasteiger partial charge in [0.2, 0.25) is 0 Å². The first kappa shape index (κ1) is 15.6. The molecule has 2 N–H and O–H groups in total.